The van der Waals surface area contributed by atoms with Crippen molar-refractivity contribution in [2.45, 2.75) is 13.5 Å². The predicted octanol–water partition coefficient (Wildman–Crippen LogP) is 2.78. The highest BCUT2D eigenvalue weighted by Crippen LogP contribution is 2.24. The molecule has 2 N–H and O–H groups in total. The van der Waals surface area contributed by atoms with Crippen LogP contribution in [0.15, 0.2) is 30.3 Å². The number of aryl methyl sites for hydroxylation is 1. The highest BCUT2D eigenvalue weighted by molar-refractivity contribution is 7.14. The van der Waals surface area contributed by atoms with E-state index in [1.54, 1.807) is 30.1 Å². The van der Waals surface area contributed by atoms with Gasteiger partial charge in [-0.05, 0) is 30.7 Å². The number of anilines is 1. The van der Waals surface area contributed by atoms with Crippen molar-refractivity contribution in [1.29, 1.82) is 5.26 Å². The Balaban J connectivity index is 2.13. The summed E-state index contributed by atoms with van der Waals surface area (Å²) in [5.41, 5.74) is 7.95. The van der Waals surface area contributed by atoms with E-state index in [0.717, 1.165) is 10.4 Å². The zero-order valence-corrected chi connectivity index (χ0v) is 12.2. The first-order valence-corrected chi connectivity index (χ1v) is 6.93. The third-order valence-electron chi connectivity index (χ3n) is 2.99. The molecule has 0 fully saturated rings. The molecule has 0 atom stereocenters. The van der Waals surface area contributed by atoms with Gasteiger partial charge in [-0.1, -0.05) is 12.1 Å². The summed E-state index contributed by atoms with van der Waals surface area (Å²) in [6.07, 6.45) is 0. The SMILES string of the molecule is Cc1sc(C(=O)N(C)Cc2cccc(C#N)c2)cc1N. The topological polar surface area (TPSA) is 70.1 Å². The van der Waals surface area contributed by atoms with Crippen molar-refractivity contribution in [3.8, 4) is 6.07 Å². The molecule has 1 heterocycles. The van der Waals surface area contributed by atoms with Gasteiger partial charge in [0.25, 0.3) is 5.91 Å². The number of nitrogens with zero attached hydrogens (tertiary/aromatic N) is 2. The Morgan fingerprint density at radius 2 is 2.20 bits per heavy atom. The van der Waals surface area contributed by atoms with Crippen molar-refractivity contribution in [2.24, 2.45) is 0 Å². The predicted molar refractivity (Wildman–Crippen MR) is 80.4 cm³/mol. The van der Waals surface area contributed by atoms with Crippen molar-refractivity contribution in [2.75, 3.05) is 12.8 Å². The molecule has 102 valence electrons. The molecule has 0 saturated carbocycles. The molecular weight excluding hydrogens is 270 g/mol. The highest BCUT2D eigenvalue weighted by atomic mass is 32.1. The monoisotopic (exact) mass is 285 g/mol. The van der Waals surface area contributed by atoms with Crippen molar-refractivity contribution < 1.29 is 4.79 Å². The summed E-state index contributed by atoms with van der Waals surface area (Å²) in [6, 6.07) is 11.1. The minimum absolute atomic E-state index is 0.0582. The molecule has 5 heteroatoms. The molecule has 0 bridgehead atoms. The number of carbonyl (C=O) groups is 1. The van der Waals surface area contributed by atoms with Crippen LogP contribution in [0.4, 0.5) is 5.69 Å². The smallest absolute Gasteiger partial charge is 0.264 e. The van der Waals surface area contributed by atoms with E-state index in [0.29, 0.717) is 22.7 Å². The van der Waals surface area contributed by atoms with Gasteiger partial charge in [0, 0.05) is 24.2 Å². The Morgan fingerprint density at radius 3 is 2.80 bits per heavy atom. The Hall–Kier alpha value is -2.32. The van der Waals surface area contributed by atoms with E-state index >= 15 is 0 Å². The summed E-state index contributed by atoms with van der Waals surface area (Å²) >= 11 is 1.40. The van der Waals surface area contributed by atoms with Gasteiger partial charge in [0.05, 0.1) is 16.5 Å². The quantitative estimate of drug-likeness (QED) is 0.942. The fourth-order valence-electron chi connectivity index (χ4n) is 1.87. The van der Waals surface area contributed by atoms with E-state index < -0.39 is 0 Å². The van der Waals surface area contributed by atoms with E-state index in [-0.39, 0.29) is 5.91 Å². The average molecular weight is 285 g/mol. The van der Waals surface area contributed by atoms with Gasteiger partial charge in [0.1, 0.15) is 0 Å². The normalized spacial score (nSPS) is 10.1. The van der Waals surface area contributed by atoms with E-state index in [4.69, 9.17) is 11.0 Å². The van der Waals surface area contributed by atoms with E-state index in [1.165, 1.54) is 11.3 Å². The lowest BCUT2D eigenvalue weighted by atomic mass is 10.1. The minimum Gasteiger partial charge on any atom is -0.398 e. The second kappa shape index (κ2) is 5.76. The second-order valence-corrected chi connectivity index (χ2v) is 5.85. The average Bonchev–Trinajstić information content (AvgIpc) is 2.78. The third-order valence-corrected chi connectivity index (χ3v) is 4.04. The number of amides is 1. The molecular formula is C15H15N3OS. The Bertz CT molecular complexity index is 665. The summed E-state index contributed by atoms with van der Waals surface area (Å²) < 4.78 is 0. The zero-order valence-electron chi connectivity index (χ0n) is 11.4. The van der Waals surface area contributed by atoms with Gasteiger partial charge >= 0.3 is 0 Å². The number of nitrogens with two attached hydrogens (primary N) is 1. The first-order valence-electron chi connectivity index (χ1n) is 6.11. The van der Waals surface area contributed by atoms with Crippen LogP contribution in [0.5, 0.6) is 0 Å². The van der Waals surface area contributed by atoms with Crippen LogP contribution >= 0.6 is 11.3 Å². The minimum atomic E-state index is -0.0582. The molecule has 0 spiro atoms. The molecule has 2 aromatic rings. The number of carbonyl (C=O) groups excluding carboxylic acids is 1. The van der Waals surface area contributed by atoms with Crippen LogP contribution in [0.2, 0.25) is 0 Å². The van der Waals surface area contributed by atoms with E-state index in [9.17, 15) is 4.79 Å². The molecule has 2 rings (SSSR count). The first kappa shape index (κ1) is 14.1. The molecule has 0 radical (unpaired) electrons. The van der Waals surface area contributed by atoms with E-state index in [2.05, 4.69) is 6.07 Å². The van der Waals surface area contributed by atoms with Gasteiger partial charge in [-0.25, -0.2) is 0 Å². The van der Waals surface area contributed by atoms with Gasteiger partial charge in [-0.2, -0.15) is 5.26 Å². The van der Waals surface area contributed by atoms with Crippen LogP contribution in [0.1, 0.15) is 25.7 Å². The Kier molecular flexibility index (Phi) is 4.06. The third kappa shape index (κ3) is 2.98. The van der Waals surface area contributed by atoms with Crippen LogP contribution < -0.4 is 5.73 Å². The maximum atomic E-state index is 12.3. The number of nitrogen functional groups attached to an aromatic ring is 1. The van der Waals surface area contributed by atoms with Crippen LogP contribution in [-0.4, -0.2) is 17.9 Å². The lowest BCUT2D eigenvalue weighted by molar-refractivity contribution is 0.0790. The Morgan fingerprint density at radius 1 is 1.45 bits per heavy atom. The number of rotatable bonds is 3. The van der Waals surface area contributed by atoms with Gasteiger partial charge < -0.3 is 10.6 Å². The molecule has 0 saturated heterocycles. The molecule has 0 aliphatic carbocycles. The molecule has 0 aliphatic heterocycles. The summed E-state index contributed by atoms with van der Waals surface area (Å²) in [7, 11) is 1.74. The largest absolute Gasteiger partial charge is 0.398 e. The number of thiophene rings is 1. The highest BCUT2D eigenvalue weighted by Gasteiger charge is 2.15. The van der Waals surface area contributed by atoms with Crippen molar-refractivity contribution in [3.63, 3.8) is 0 Å². The molecule has 4 nitrogen and oxygen atoms in total. The van der Waals surface area contributed by atoms with Gasteiger partial charge in [0.15, 0.2) is 0 Å². The molecule has 20 heavy (non-hydrogen) atoms. The molecule has 0 aliphatic rings. The fraction of sp³-hybridized carbons (Fsp3) is 0.200. The van der Waals surface area contributed by atoms with Crippen molar-refractivity contribution in [3.05, 3.63) is 51.2 Å². The maximum absolute atomic E-state index is 12.3. The Labute approximate surface area is 122 Å². The van der Waals surface area contributed by atoms with Crippen LogP contribution in [0.25, 0.3) is 0 Å². The lowest BCUT2D eigenvalue weighted by Gasteiger charge is -2.16. The van der Waals surface area contributed by atoms with Crippen molar-refractivity contribution >= 4 is 22.9 Å². The van der Waals surface area contributed by atoms with E-state index in [1.807, 2.05) is 19.1 Å². The fourth-order valence-corrected chi connectivity index (χ4v) is 2.81. The van der Waals surface area contributed by atoms with Crippen LogP contribution in [-0.2, 0) is 6.54 Å². The lowest BCUT2D eigenvalue weighted by Crippen LogP contribution is -2.25. The van der Waals surface area contributed by atoms with Gasteiger partial charge in [-0.15, -0.1) is 11.3 Å². The van der Waals surface area contributed by atoms with Gasteiger partial charge in [-0.3, -0.25) is 4.79 Å². The molecule has 1 aromatic carbocycles. The number of hydrogen-bond acceptors (Lipinski definition) is 4. The second-order valence-electron chi connectivity index (χ2n) is 4.60. The summed E-state index contributed by atoms with van der Waals surface area (Å²) in [5.74, 6) is -0.0582. The zero-order chi connectivity index (χ0) is 14.7. The summed E-state index contributed by atoms with van der Waals surface area (Å²) in [6.45, 7) is 2.36. The number of benzene rings is 1. The summed E-state index contributed by atoms with van der Waals surface area (Å²) in [5, 5.41) is 8.87. The molecule has 1 aromatic heterocycles. The van der Waals surface area contributed by atoms with Crippen LogP contribution in [0, 0.1) is 18.3 Å². The molecule has 0 unspecified atom stereocenters. The van der Waals surface area contributed by atoms with Crippen molar-refractivity contribution in [1.82, 2.24) is 4.90 Å². The number of nitriles is 1. The van der Waals surface area contributed by atoms with Crippen LogP contribution in [0.3, 0.4) is 0 Å². The molecule has 1 amide bonds. The standard InChI is InChI=1S/C15H15N3OS/c1-10-13(17)7-14(20-10)15(19)18(2)9-12-5-3-4-11(6-12)8-16/h3-7H,9,17H2,1-2H3. The maximum Gasteiger partial charge on any atom is 0.264 e. The number of hydrogen-bond donors (Lipinski definition) is 1. The summed E-state index contributed by atoms with van der Waals surface area (Å²) in [4.78, 5) is 15.5. The first-order chi connectivity index (χ1) is 9.51. The van der Waals surface area contributed by atoms with Gasteiger partial charge in [0.2, 0.25) is 0 Å².